The van der Waals surface area contributed by atoms with Gasteiger partial charge in [-0.3, -0.25) is 0 Å². The van der Waals surface area contributed by atoms with Gasteiger partial charge < -0.3 is 9.84 Å². The Balaban J connectivity index is 2.92. The number of alkyl halides is 1. The zero-order chi connectivity index (χ0) is 11.4. The van der Waals surface area contributed by atoms with E-state index in [9.17, 15) is 0 Å². The minimum absolute atomic E-state index is 0.261. The lowest BCUT2D eigenvalue weighted by Crippen LogP contribution is -2.17. The largest absolute Gasteiger partial charge is 0.389 e. The van der Waals surface area contributed by atoms with Crippen LogP contribution in [-0.4, -0.2) is 30.3 Å². The zero-order valence-corrected chi connectivity index (χ0v) is 10.6. The number of halogens is 1. The lowest BCUT2D eigenvalue weighted by atomic mass is 10.1. The average molecular weight is 237 g/mol. The highest BCUT2D eigenvalue weighted by atomic mass is 35.5. The molecular weight excluding hydrogens is 212 g/mol. The summed E-state index contributed by atoms with van der Waals surface area (Å²) in [4.78, 5) is 0. The monoisotopic (exact) mass is 236 g/mol. The minimum Gasteiger partial charge on any atom is -0.389 e. The molecule has 0 fully saturated rings. The molecule has 3 heteroatoms. The normalized spacial score (nSPS) is 13.0. The Morgan fingerprint density at radius 1 is 1.07 bits per heavy atom. The summed E-state index contributed by atoms with van der Waals surface area (Å²) in [6.07, 6.45) is 8.51. The number of hydrogen-bond acceptors (Lipinski definition) is 2. The summed E-state index contributed by atoms with van der Waals surface area (Å²) in [7, 11) is 0. The van der Waals surface area contributed by atoms with Gasteiger partial charge in [0, 0.05) is 6.61 Å². The van der Waals surface area contributed by atoms with Crippen LogP contribution in [0.4, 0.5) is 0 Å². The van der Waals surface area contributed by atoms with Gasteiger partial charge in [0.1, 0.15) is 0 Å². The average Bonchev–Trinajstić information content (AvgIpc) is 2.26. The van der Waals surface area contributed by atoms with Crippen molar-refractivity contribution < 1.29 is 9.84 Å². The predicted molar refractivity (Wildman–Crippen MR) is 65.5 cm³/mol. The minimum atomic E-state index is -0.503. The van der Waals surface area contributed by atoms with E-state index in [1.54, 1.807) is 0 Å². The standard InChI is InChI=1S/C12H25ClO2/c1-2-3-4-5-6-7-8-9-15-11-12(14)10-13/h12,14H,2-11H2,1H3/t12-/m1/s1. The molecular formula is C12H25ClO2. The van der Waals surface area contributed by atoms with Crippen LogP contribution in [0.2, 0.25) is 0 Å². The fourth-order valence-corrected chi connectivity index (χ4v) is 1.51. The van der Waals surface area contributed by atoms with E-state index in [4.69, 9.17) is 21.4 Å². The number of hydrogen-bond donors (Lipinski definition) is 1. The fourth-order valence-electron chi connectivity index (χ4n) is 1.43. The molecule has 0 saturated heterocycles. The van der Waals surface area contributed by atoms with Gasteiger partial charge in [0.05, 0.1) is 18.6 Å². The molecule has 1 N–H and O–H groups in total. The van der Waals surface area contributed by atoms with Crippen LogP contribution in [0.25, 0.3) is 0 Å². The van der Waals surface area contributed by atoms with Crippen molar-refractivity contribution in [2.45, 2.75) is 58.0 Å². The molecule has 15 heavy (non-hydrogen) atoms. The lowest BCUT2D eigenvalue weighted by molar-refractivity contribution is 0.0461. The lowest BCUT2D eigenvalue weighted by Gasteiger charge is -2.07. The molecule has 0 radical (unpaired) electrons. The Kier molecular flexibility index (Phi) is 12.5. The molecule has 1 atom stereocenters. The highest BCUT2D eigenvalue weighted by Gasteiger charge is 2.00. The molecule has 0 saturated carbocycles. The summed E-state index contributed by atoms with van der Waals surface area (Å²) in [5.41, 5.74) is 0. The van der Waals surface area contributed by atoms with Crippen LogP contribution in [0.1, 0.15) is 51.9 Å². The van der Waals surface area contributed by atoms with E-state index in [2.05, 4.69) is 6.92 Å². The first kappa shape index (κ1) is 15.2. The maximum absolute atomic E-state index is 9.10. The van der Waals surface area contributed by atoms with Gasteiger partial charge in [0.15, 0.2) is 0 Å². The summed E-state index contributed by atoms with van der Waals surface area (Å²) < 4.78 is 5.28. The van der Waals surface area contributed by atoms with Gasteiger partial charge in [-0.05, 0) is 6.42 Å². The Labute approximate surface area is 99.0 Å². The first-order valence-electron chi connectivity index (χ1n) is 6.13. The number of rotatable bonds is 11. The smallest absolute Gasteiger partial charge is 0.0908 e. The number of ether oxygens (including phenoxy) is 1. The Morgan fingerprint density at radius 2 is 1.67 bits per heavy atom. The second kappa shape index (κ2) is 12.3. The molecule has 2 nitrogen and oxygen atoms in total. The molecule has 0 bridgehead atoms. The molecule has 0 unspecified atom stereocenters. The van der Waals surface area contributed by atoms with Crippen molar-refractivity contribution in [3.8, 4) is 0 Å². The van der Waals surface area contributed by atoms with Crippen molar-refractivity contribution in [2.75, 3.05) is 19.1 Å². The quantitative estimate of drug-likeness (QED) is 0.440. The molecule has 0 aromatic heterocycles. The van der Waals surface area contributed by atoms with Crippen LogP contribution in [0.5, 0.6) is 0 Å². The highest BCUT2D eigenvalue weighted by molar-refractivity contribution is 6.18. The van der Waals surface area contributed by atoms with Gasteiger partial charge in [-0.1, -0.05) is 45.4 Å². The number of aliphatic hydroxyl groups excluding tert-OH is 1. The third-order valence-corrected chi connectivity index (χ3v) is 2.74. The Bertz CT molecular complexity index is 120. The molecule has 0 aromatic carbocycles. The molecule has 0 heterocycles. The summed E-state index contributed by atoms with van der Waals surface area (Å²) >= 11 is 5.43. The Hall–Kier alpha value is 0.210. The van der Waals surface area contributed by atoms with Gasteiger partial charge >= 0.3 is 0 Å². The maximum Gasteiger partial charge on any atom is 0.0908 e. The predicted octanol–water partition coefficient (Wildman–Crippen LogP) is 3.35. The van der Waals surface area contributed by atoms with Crippen molar-refractivity contribution in [1.82, 2.24) is 0 Å². The van der Waals surface area contributed by atoms with E-state index in [1.807, 2.05) is 0 Å². The van der Waals surface area contributed by atoms with E-state index in [-0.39, 0.29) is 5.88 Å². The highest BCUT2D eigenvalue weighted by Crippen LogP contribution is 2.06. The van der Waals surface area contributed by atoms with E-state index in [0.717, 1.165) is 13.0 Å². The third-order valence-electron chi connectivity index (χ3n) is 2.38. The van der Waals surface area contributed by atoms with Crippen LogP contribution >= 0.6 is 11.6 Å². The van der Waals surface area contributed by atoms with Crippen LogP contribution < -0.4 is 0 Å². The summed E-state index contributed by atoms with van der Waals surface area (Å²) in [5, 5.41) is 9.10. The second-order valence-electron chi connectivity index (χ2n) is 4.00. The first-order valence-corrected chi connectivity index (χ1v) is 6.66. The van der Waals surface area contributed by atoms with E-state index >= 15 is 0 Å². The van der Waals surface area contributed by atoms with Crippen molar-refractivity contribution in [3.05, 3.63) is 0 Å². The number of unbranched alkanes of at least 4 members (excludes halogenated alkanes) is 6. The van der Waals surface area contributed by atoms with Crippen LogP contribution in [-0.2, 0) is 4.74 Å². The topological polar surface area (TPSA) is 29.5 Å². The van der Waals surface area contributed by atoms with Crippen molar-refractivity contribution in [1.29, 1.82) is 0 Å². The van der Waals surface area contributed by atoms with Crippen LogP contribution in [0.15, 0.2) is 0 Å². The summed E-state index contributed by atoms with van der Waals surface area (Å²) in [6, 6.07) is 0. The molecule has 92 valence electrons. The van der Waals surface area contributed by atoms with Gasteiger partial charge in [0.25, 0.3) is 0 Å². The summed E-state index contributed by atoms with van der Waals surface area (Å²) in [6.45, 7) is 3.36. The van der Waals surface area contributed by atoms with Crippen molar-refractivity contribution in [3.63, 3.8) is 0 Å². The SMILES string of the molecule is CCCCCCCCCOC[C@H](O)CCl. The fraction of sp³-hybridized carbons (Fsp3) is 1.00. The van der Waals surface area contributed by atoms with Gasteiger partial charge in [-0.25, -0.2) is 0 Å². The molecule has 0 aliphatic carbocycles. The Morgan fingerprint density at radius 3 is 2.27 bits per heavy atom. The number of aliphatic hydroxyl groups is 1. The molecule has 0 aliphatic heterocycles. The van der Waals surface area contributed by atoms with Crippen molar-refractivity contribution >= 4 is 11.6 Å². The summed E-state index contributed by atoms with van der Waals surface area (Å²) in [5.74, 6) is 0.261. The first-order chi connectivity index (χ1) is 7.31. The molecule has 0 aromatic rings. The van der Waals surface area contributed by atoms with Gasteiger partial charge in [-0.2, -0.15) is 0 Å². The molecule has 0 spiro atoms. The second-order valence-corrected chi connectivity index (χ2v) is 4.31. The maximum atomic E-state index is 9.10. The zero-order valence-electron chi connectivity index (χ0n) is 9.88. The van der Waals surface area contributed by atoms with E-state index in [0.29, 0.717) is 6.61 Å². The molecule has 0 amide bonds. The van der Waals surface area contributed by atoms with Crippen molar-refractivity contribution in [2.24, 2.45) is 0 Å². The van der Waals surface area contributed by atoms with Crippen LogP contribution in [0.3, 0.4) is 0 Å². The van der Waals surface area contributed by atoms with Crippen LogP contribution in [0, 0.1) is 0 Å². The van der Waals surface area contributed by atoms with Gasteiger partial charge in [-0.15, -0.1) is 11.6 Å². The van der Waals surface area contributed by atoms with E-state index in [1.165, 1.54) is 38.5 Å². The molecule has 0 aliphatic rings. The molecule has 0 rings (SSSR count). The van der Waals surface area contributed by atoms with Gasteiger partial charge in [0.2, 0.25) is 0 Å². The van der Waals surface area contributed by atoms with E-state index < -0.39 is 6.10 Å². The third kappa shape index (κ3) is 12.1.